The summed E-state index contributed by atoms with van der Waals surface area (Å²) in [6.07, 6.45) is 0.828. The summed E-state index contributed by atoms with van der Waals surface area (Å²) >= 11 is 1.79. The van der Waals surface area contributed by atoms with E-state index in [0.717, 1.165) is 24.0 Å². The van der Waals surface area contributed by atoms with Gasteiger partial charge in [-0.1, -0.05) is 6.92 Å². The molecule has 0 fully saturated rings. The van der Waals surface area contributed by atoms with Gasteiger partial charge in [0.25, 0.3) is 11.7 Å². The molecule has 2 rings (SSSR count). The fraction of sp³-hybridized carbons (Fsp3) is 0.385. The molecule has 1 heterocycles. The van der Waals surface area contributed by atoms with E-state index in [2.05, 4.69) is 6.92 Å². The van der Waals surface area contributed by atoms with Crippen LogP contribution < -0.4 is 4.90 Å². The number of halogens is 1. The summed E-state index contributed by atoms with van der Waals surface area (Å²) in [4.78, 5) is 24.9. The van der Waals surface area contributed by atoms with Gasteiger partial charge in [0, 0.05) is 6.54 Å². The largest absolute Gasteiger partial charge is 0.305 e. The van der Waals surface area contributed by atoms with Crippen molar-refractivity contribution >= 4 is 29.1 Å². The van der Waals surface area contributed by atoms with Crippen molar-refractivity contribution < 1.29 is 14.0 Å². The van der Waals surface area contributed by atoms with Crippen molar-refractivity contribution in [1.82, 2.24) is 0 Å². The number of nitrogens with zero attached hydrogens (tertiary/aromatic N) is 1. The van der Waals surface area contributed by atoms with Gasteiger partial charge in [-0.2, -0.15) is 11.8 Å². The van der Waals surface area contributed by atoms with Gasteiger partial charge in [-0.15, -0.1) is 0 Å². The highest BCUT2D eigenvalue weighted by atomic mass is 32.2. The minimum absolute atomic E-state index is 0.183. The second-order valence-electron chi connectivity index (χ2n) is 4.00. The van der Waals surface area contributed by atoms with Crippen molar-refractivity contribution in [1.29, 1.82) is 0 Å². The van der Waals surface area contributed by atoms with E-state index in [1.54, 1.807) is 11.8 Å². The molecule has 1 aliphatic heterocycles. The monoisotopic (exact) mass is 267 g/mol. The quantitative estimate of drug-likeness (QED) is 0.607. The van der Waals surface area contributed by atoms with Crippen molar-refractivity contribution in [3.63, 3.8) is 0 Å². The van der Waals surface area contributed by atoms with Gasteiger partial charge in [0.1, 0.15) is 5.82 Å². The highest BCUT2D eigenvalue weighted by Crippen LogP contribution is 2.29. The second-order valence-corrected chi connectivity index (χ2v) is 5.39. The zero-order chi connectivity index (χ0) is 13.1. The van der Waals surface area contributed by atoms with E-state index in [0.29, 0.717) is 12.2 Å². The molecule has 0 aromatic heterocycles. The van der Waals surface area contributed by atoms with Crippen molar-refractivity contribution in [2.45, 2.75) is 13.3 Å². The Morgan fingerprint density at radius 3 is 2.83 bits per heavy atom. The maximum atomic E-state index is 13.1. The standard InChI is InChI=1S/C13H14FNO2S/c1-2-18-7-3-6-15-11-5-4-9(14)8-10(11)12(16)13(15)17/h4-5,8H,2-3,6-7H2,1H3. The fourth-order valence-corrected chi connectivity index (χ4v) is 2.59. The Hall–Kier alpha value is -1.36. The molecule has 1 aliphatic rings. The van der Waals surface area contributed by atoms with Crippen LogP contribution in [0, 0.1) is 5.82 Å². The van der Waals surface area contributed by atoms with Crippen LogP contribution in [0.15, 0.2) is 18.2 Å². The molecule has 96 valence electrons. The van der Waals surface area contributed by atoms with Crippen LogP contribution in [0.5, 0.6) is 0 Å². The number of benzene rings is 1. The van der Waals surface area contributed by atoms with Gasteiger partial charge < -0.3 is 4.90 Å². The van der Waals surface area contributed by atoms with E-state index in [9.17, 15) is 14.0 Å². The summed E-state index contributed by atoms with van der Waals surface area (Å²) in [5.74, 6) is 0.350. The van der Waals surface area contributed by atoms with E-state index < -0.39 is 17.5 Å². The molecule has 0 saturated carbocycles. The minimum Gasteiger partial charge on any atom is -0.305 e. The van der Waals surface area contributed by atoms with Gasteiger partial charge in [-0.25, -0.2) is 4.39 Å². The van der Waals surface area contributed by atoms with E-state index in [4.69, 9.17) is 0 Å². The zero-order valence-electron chi connectivity index (χ0n) is 10.1. The Morgan fingerprint density at radius 2 is 2.11 bits per heavy atom. The van der Waals surface area contributed by atoms with Crippen LogP contribution in [0.3, 0.4) is 0 Å². The van der Waals surface area contributed by atoms with E-state index in [1.165, 1.54) is 17.0 Å². The van der Waals surface area contributed by atoms with Crippen molar-refractivity contribution in [3.8, 4) is 0 Å². The molecule has 18 heavy (non-hydrogen) atoms. The van der Waals surface area contributed by atoms with Crippen molar-refractivity contribution in [3.05, 3.63) is 29.6 Å². The molecule has 0 aliphatic carbocycles. The maximum Gasteiger partial charge on any atom is 0.299 e. The number of ketones is 1. The third-order valence-electron chi connectivity index (χ3n) is 2.81. The van der Waals surface area contributed by atoms with Crippen molar-refractivity contribution in [2.24, 2.45) is 0 Å². The normalized spacial score (nSPS) is 14.2. The summed E-state index contributed by atoms with van der Waals surface area (Å²) in [5, 5.41) is 0. The molecule has 0 radical (unpaired) electrons. The molecule has 1 aromatic rings. The number of rotatable bonds is 5. The molecule has 0 unspecified atom stereocenters. The van der Waals surface area contributed by atoms with Crippen LogP contribution in [0.2, 0.25) is 0 Å². The third kappa shape index (κ3) is 2.41. The molecule has 3 nitrogen and oxygen atoms in total. The smallest absolute Gasteiger partial charge is 0.299 e. The number of Topliss-reactive ketones (excluding diaryl/α,β-unsaturated/α-hetero) is 1. The summed E-state index contributed by atoms with van der Waals surface area (Å²) in [6.45, 7) is 2.59. The lowest BCUT2D eigenvalue weighted by molar-refractivity contribution is -0.114. The molecule has 0 spiro atoms. The summed E-state index contributed by atoms with van der Waals surface area (Å²) < 4.78 is 13.1. The molecule has 0 atom stereocenters. The Morgan fingerprint density at radius 1 is 1.33 bits per heavy atom. The minimum atomic E-state index is -0.604. The molecular formula is C13H14FNO2S. The number of amides is 1. The molecule has 0 saturated heterocycles. The fourth-order valence-electron chi connectivity index (χ4n) is 1.96. The van der Waals surface area contributed by atoms with E-state index in [1.807, 2.05) is 0 Å². The highest BCUT2D eigenvalue weighted by Gasteiger charge is 2.35. The third-order valence-corrected chi connectivity index (χ3v) is 3.79. The van der Waals surface area contributed by atoms with Crippen LogP contribution in [0.25, 0.3) is 0 Å². The maximum absolute atomic E-state index is 13.1. The van der Waals surface area contributed by atoms with Gasteiger partial charge >= 0.3 is 0 Å². The zero-order valence-corrected chi connectivity index (χ0v) is 10.9. The molecule has 1 amide bonds. The first-order valence-corrected chi connectivity index (χ1v) is 7.04. The number of carbonyl (C=O) groups is 2. The first-order chi connectivity index (χ1) is 8.65. The van der Waals surface area contributed by atoms with Crippen LogP contribution in [0.4, 0.5) is 10.1 Å². The lowest BCUT2D eigenvalue weighted by atomic mass is 10.1. The first kappa shape index (κ1) is 13.1. The SMILES string of the molecule is CCSCCCN1C(=O)C(=O)c2cc(F)ccc21. The number of carbonyl (C=O) groups excluding carboxylic acids is 2. The van der Waals surface area contributed by atoms with Crippen LogP contribution >= 0.6 is 11.8 Å². The summed E-state index contributed by atoms with van der Waals surface area (Å²) in [7, 11) is 0. The van der Waals surface area contributed by atoms with Gasteiger partial charge in [0.05, 0.1) is 11.3 Å². The lowest BCUT2D eigenvalue weighted by Gasteiger charge is -2.15. The average Bonchev–Trinajstić information content (AvgIpc) is 2.59. The predicted molar refractivity (Wildman–Crippen MR) is 70.7 cm³/mol. The Bertz CT molecular complexity index is 490. The molecule has 0 N–H and O–H groups in total. The molecular weight excluding hydrogens is 253 g/mol. The number of hydrogen-bond acceptors (Lipinski definition) is 3. The second kappa shape index (κ2) is 5.52. The average molecular weight is 267 g/mol. The Balaban J connectivity index is 2.13. The Kier molecular flexibility index (Phi) is 4.01. The molecule has 0 bridgehead atoms. The molecule has 1 aromatic carbocycles. The highest BCUT2D eigenvalue weighted by molar-refractivity contribution is 7.99. The van der Waals surface area contributed by atoms with Crippen molar-refractivity contribution in [2.75, 3.05) is 23.0 Å². The summed E-state index contributed by atoms with van der Waals surface area (Å²) in [6, 6.07) is 3.91. The van der Waals surface area contributed by atoms with Gasteiger partial charge in [-0.3, -0.25) is 9.59 Å². The van der Waals surface area contributed by atoms with Gasteiger partial charge in [-0.05, 0) is 36.1 Å². The van der Waals surface area contributed by atoms with Crippen LogP contribution in [0.1, 0.15) is 23.7 Å². The number of hydrogen-bond donors (Lipinski definition) is 0. The van der Waals surface area contributed by atoms with Crippen LogP contribution in [-0.4, -0.2) is 29.7 Å². The molecule has 5 heteroatoms. The number of thioether (sulfide) groups is 1. The Labute approximate surface area is 109 Å². The number of anilines is 1. The van der Waals surface area contributed by atoms with Crippen LogP contribution in [-0.2, 0) is 4.79 Å². The lowest BCUT2D eigenvalue weighted by Crippen LogP contribution is -2.30. The summed E-state index contributed by atoms with van der Waals surface area (Å²) in [5.41, 5.74) is 0.719. The first-order valence-electron chi connectivity index (χ1n) is 5.88. The predicted octanol–water partition coefficient (Wildman–Crippen LogP) is 2.50. The number of fused-ring (bicyclic) bond motifs is 1. The van der Waals surface area contributed by atoms with E-state index >= 15 is 0 Å². The van der Waals surface area contributed by atoms with E-state index in [-0.39, 0.29) is 5.56 Å². The van der Waals surface area contributed by atoms with Gasteiger partial charge in [0.2, 0.25) is 0 Å². The topological polar surface area (TPSA) is 37.4 Å². The van der Waals surface area contributed by atoms with Gasteiger partial charge in [0.15, 0.2) is 0 Å².